The Kier molecular flexibility index (Phi) is 8.01. The number of allylic oxidation sites excluding steroid dienone is 2. The molecule has 0 fully saturated rings. The van der Waals surface area contributed by atoms with E-state index in [1.165, 1.54) is 0 Å². The fourth-order valence-electron chi connectivity index (χ4n) is 5.79. The van der Waals surface area contributed by atoms with Gasteiger partial charge in [0.2, 0.25) is 0 Å². The molecular weight excluding hydrogens is 506 g/mol. The second-order valence-electron chi connectivity index (χ2n) is 10.2. The number of nitrogens with zero attached hydrogens (tertiary/aromatic N) is 1. The Morgan fingerprint density at radius 3 is 2.42 bits per heavy atom. The molecule has 0 bridgehead atoms. The molecule has 0 spiro atoms. The Bertz CT molecular complexity index is 1480. The zero-order valence-electron chi connectivity index (χ0n) is 22.9. The number of hydrogen-bond acceptors (Lipinski definition) is 7. The first-order valence-corrected chi connectivity index (χ1v) is 13.4. The van der Waals surface area contributed by atoms with E-state index in [0.29, 0.717) is 46.9 Å². The number of aromatic hydroxyl groups is 1. The maximum atomic E-state index is 13.8. The van der Waals surface area contributed by atoms with Gasteiger partial charge in [0.25, 0.3) is 0 Å². The van der Waals surface area contributed by atoms with Crippen LogP contribution in [0.5, 0.6) is 17.2 Å². The molecule has 1 heterocycles. The molecule has 5 rings (SSSR count). The Balaban J connectivity index is 1.46. The molecule has 3 aromatic rings. The van der Waals surface area contributed by atoms with Gasteiger partial charge < -0.3 is 19.3 Å². The maximum Gasteiger partial charge on any atom is 0.315 e. The number of carbonyl (C=O) groups is 2. The third-order valence-corrected chi connectivity index (χ3v) is 7.73. The van der Waals surface area contributed by atoms with Crippen LogP contribution in [-0.4, -0.2) is 43.4 Å². The summed E-state index contributed by atoms with van der Waals surface area (Å²) in [4.78, 5) is 32.2. The van der Waals surface area contributed by atoms with Crippen LogP contribution in [0.25, 0.3) is 0 Å². The Morgan fingerprint density at radius 2 is 1.70 bits per heavy atom. The van der Waals surface area contributed by atoms with Crippen LogP contribution in [0.1, 0.15) is 48.3 Å². The number of methoxy groups -OCH3 is 2. The summed E-state index contributed by atoms with van der Waals surface area (Å²) in [6, 6.07) is 22.3. The summed E-state index contributed by atoms with van der Waals surface area (Å²) in [6.45, 7) is 2.04. The van der Waals surface area contributed by atoms with E-state index in [0.717, 1.165) is 11.1 Å². The van der Waals surface area contributed by atoms with Gasteiger partial charge in [-0.05, 0) is 60.2 Å². The standard InChI is InChI=1S/C33H33NO6/c1-20-30(33(37)40-15-14-21-8-5-4-6-9-21)31(23-10-7-11-25(35)16-23)32-26(34-20)17-24(18-27(32)36)22-12-13-28(38-2)29(19-22)39-3/h4-13,16,19,24,30-31,35H,14-15,17-18H2,1-3H3/t24-,30?,31+/m1/s1. The molecule has 0 saturated carbocycles. The monoisotopic (exact) mass is 539 g/mol. The molecule has 0 radical (unpaired) electrons. The second-order valence-corrected chi connectivity index (χ2v) is 10.2. The van der Waals surface area contributed by atoms with E-state index in [1.807, 2.05) is 61.5 Å². The Hall–Kier alpha value is -4.39. The first-order valence-electron chi connectivity index (χ1n) is 13.4. The lowest BCUT2D eigenvalue weighted by molar-refractivity contribution is -0.146. The fourth-order valence-corrected chi connectivity index (χ4v) is 5.79. The largest absolute Gasteiger partial charge is 0.508 e. The van der Waals surface area contributed by atoms with E-state index in [1.54, 1.807) is 32.4 Å². The zero-order chi connectivity index (χ0) is 28.2. The van der Waals surface area contributed by atoms with E-state index in [9.17, 15) is 14.7 Å². The molecular formula is C33H33NO6. The molecule has 0 amide bonds. The summed E-state index contributed by atoms with van der Waals surface area (Å²) < 4.78 is 16.6. The molecule has 7 heteroatoms. The van der Waals surface area contributed by atoms with Gasteiger partial charge in [-0.1, -0.05) is 48.5 Å². The highest BCUT2D eigenvalue weighted by atomic mass is 16.5. The molecule has 1 N–H and O–H groups in total. The number of phenols is 1. The van der Waals surface area contributed by atoms with Crippen molar-refractivity contribution in [2.75, 3.05) is 20.8 Å². The average Bonchev–Trinajstić information content (AvgIpc) is 2.96. The highest BCUT2D eigenvalue weighted by Gasteiger charge is 2.45. The van der Waals surface area contributed by atoms with Crippen LogP contribution in [0, 0.1) is 5.92 Å². The van der Waals surface area contributed by atoms with Gasteiger partial charge in [0.05, 0.1) is 20.8 Å². The van der Waals surface area contributed by atoms with Crippen molar-refractivity contribution in [1.29, 1.82) is 0 Å². The van der Waals surface area contributed by atoms with Gasteiger partial charge in [-0.25, -0.2) is 0 Å². The van der Waals surface area contributed by atoms with E-state index in [-0.39, 0.29) is 30.5 Å². The Labute approximate surface area is 234 Å². The molecule has 3 aromatic carbocycles. The van der Waals surface area contributed by atoms with E-state index < -0.39 is 17.8 Å². The van der Waals surface area contributed by atoms with Gasteiger partial charge in [-0.2, -0.15) is 0 Å². The van der Waals surface area contributed by atoms with Crippen LogP contribution in [-0.2, 0) is 20.7 Å². The smallest absolute Gasteiger partial charge is 0.315 e. The predicted octanol–water partition coefficient (Wildman–Crippen LogP) is 5.77. The van der Waals surface area contributed by atoms with Crippen molar-refractivity contribution in [3.8, 4) is 17.2 Å². The van der Waals surface area contributed by atoms with Gasteiger partial charge in [0.15, 0.2) is 17.3 Å². The number of ether oxygens (including phenoxy) is 3. The fraction of sp³-hybridized carbons (Fsp3) is 0.303. The van der Waals surface area contributed by atoms with Gasteiger partial charge in [0.1, 0.15) is 11.7 Å². The molecule has 3 atom stereocenters. The van der Waals surface area contributed by atoms with Crippen LogP contribution in [0.3, 0.4) is 0 Å². The SMILES string of the molecule is COc1ccc([C@H]2CC(=O)C3=C(C2)N=C(C)C(C(=O)OCCc2ccccc2)[C@@H]3c2cccc(O)c2)cc1OC. The lowest BCUT2D eigenvalue weighted by Crippen LogP contribution is -2.38. The number of carbonyl (C=O) groups excluding carboxylic acids is 2. The van der Waals surface area contributed by atoms with Crippen molar-refractivity contribution < 1.29 is 28.9 Å². The van der Waals surface area contributed by atoms with Crippen molar-refractivity contribution in [2.24, 2.45) is 10.9 Å². The molecule has 0 saturated heterocycles. The third kappa shape index (κ3) is 5.50. The molecule has 1 unspecified atom stereocenters. The molecule has 1 aliphatic heterocycles. The zero-order valence-corrected chi connectivity index (χ0v) is 22.9. The van der Waals surface area contributed by atoms with Gasteiger partial charge in [-0.3, -0.25) is 14.6 Å². The first kappa shape index (κ1) is 27.2. The normalized spacial score (nSPS) is 20.4. The van der Waals surface area contributed by atoms with Crippen LogP contribution < -0.4 is 9.47 Å². The van der Waals surface area contributed by atoms with Crippen molar-refractivity contribution in [3.05, 3.63) is 101 Å². The lowest BCUT2D eigenvalue weighted by atomic mass is 9.69. The van der Waals surface area contributed by atoms with Crippen LogP contribution in [0.15, 0.2) is 89.1 Å². The molecule has 40 heavy (non-hydrogen) atoms. The highest BCUT2D eigenvalue weighted by Crippen LogP contribution is 2.47. The van der Waals surface area contributed by atoms with Gasteiger partial charge in [-0.15, -0.1) is 0 Å². The van der Waals surface area contributed by atoms with Crippen molar-refractivity contribution in [2.45, 2.75) is 38.0 Å². The second kappa shape index (κ2) is 11.8. The minimum atomic E-state index is -0.766. The molecule has 1 aliphatic carbocycles. The average molecular weight is 540 g/mol. The summed E-state index contributed by atoms with van der Waals surface area (Å²) in [5.41, 5.74) is 4.51. The summed E-state index contributed by atoms with van der Waals surface area (Å²) in [5.74, 6) is -0.645. The summed E-state index contributed by atoms with van der Waals surface area (Å²) in [5, 5.41) is 10.3. The Morgan fingerprint density at radius 1 is 0.925 bits per heavy atom. The summed E-state index contributed by atoms with van der Waals surface area (Å²) in [7, 11) is 3.17. The molecule has 0 aromatic heterocycles. The number of aliphatic imine (C=N–C) groups is 1. The number of Topliss-reactive ketones (excluding diaryl/α,β-unsaturated/α-hetero) is 1. The van der Waals surface area contributed by atoms with Crippen LogP contribution in [0.2, 0.25) is 0 Å². The van der Waals surface area contributed by atoms with Crippen molar-refractivity contribution in [3.63, 3.8) is 0 Å². The quantitative estimate of drug-likeness (QED) is 0.365. The lowest BCUT2D eigenvalue weighted by Gasteiger charge is -2.36. The molecule has 2 aliphatic rings. The van der Waals surface area contributed by atoms with Crippen molar-refractivity contribution >= 4 is 17.5 Å². The van der Waals surface area contributed by atoms with E-state index in [4.69, 9.17) is 19.2 Å². The van der Waals surface area contributed by atoms with Crippen LogP contribution in [0.4, 0.5) is 0 Å². The predicted molar refractivity (Wildman–Crippen MR) is 152 cm³/mol. The maximum absolute atomic E-state index is 13.8. The topological polar surface area (TPSA) is 94.4 Å². The molecule has 7 nitrogen and oxygen atoms in total. The number of phenolic OH excluding ortho intramolecular Hbond substituents is 1. The number of ketones is 1. The minimum absolute atomic E-state index is 0.0623. The minimum Gasteiger partial charge on any atom is -0.508 e. The van der Waals surface area contributed by atoms with Crippen LogP contribution >= 0.6 is 0 Å². The number of esters is 1. The number of rotatable bonds is 8. The molecule has 206 valence electrons. The highest BCUT2D eigenvalue weighted by molar-refractivity contribution is 6.09. The summed E-state index contributed by atoms with van der Waals surface area (Å²) >= 11 is 0. The summed E-state index contributed by atoms with van der Waals surface area (Å²) in [6.07, 6.45) is 1.40. The number of benzene rings is 3. The van der Waals surface area contributed by atoms with Gasteiger partial charge >= 0.3 is 5.97 Å². The van der Waals surface area contributed by atoms with Crippen molar-refractivity contribution in [1.82, 2.24) is 0 Å². The van der Waals surface area contributed by atoms with E-state index >= 15 is 0 Å². The first-order chi connectivity index (χ1) is 19.4. The van der Waals surface area contributed by atoms with Gasteiger partial charge in [0, 0.05) is 35.7 Å². The number of hydrogen-bond donors (Lipinski definition) is 1. The van der Waals surface area contributed by atoms with E-state index in [2.05, 4.69) is 0 Å². The third-order valence-electron chi connectivity index (χ3n) is 7.73.